The SMILES string of the molecule is Cc1c(C(=O)O)sc2[nH]c(=O)n(CC(=O)OC(C)(C)C)c(=O)c12. The van der Waals surface area contributed by atoms with Gasteiger partial charge in [0.1, 0.15) is 21.9 Å². The van der Waals surface area contributed by atoms with Gasteiger partial charge in [0.15, 0.2) is 0 Å². The Morgan fingerprint density at radius 2 is 1.91 bits per heavy atom. The Balaban J connectivity index is 2.56. The maximum atomic E-state index is 12.5. The van der Waals surface area contributed by atoms with Crippen LogP contribution in [0, 0.1) is 6.92 Å². The molecule has 0 atom stereocenters. The van der Waals surface area contributed by atoms with E-state index in [9.17, 15) is 19.2 Å². The van der Waals surface area contributed by atoms with Crippen LogP contribution >= 0.6 is 11.3 Å². The van der Waals surface area contributed by atoms with Crippen LogP contribution < -0.4 is 11.2 Å². The van der Waals surface area contributed by atoms with Crippen LogP contribution in [0.3, 0.4) is 0 Å². The third-order valence-corrected chi connectivity index (χ3v) is 4.17. The number of aromatic nitrogens is 2. The average molecular weight is 340 g/mol. The normalized spacial score (nSPS) is 11.7. The second-order valence-corrected chi connectivity index (χ2v) is 6.99. The van der Waals surface area contributed by atoms with E-state index in [0.717, 1.165) is 11.3 Å². The number of carboxylic acid groups (broad SMARTS) is 1. The van der Waals surface area contributed by atoms with Crippen LogP contribution in [0.5, 0.6) is 0 Å². The number of H-pyrrole nitrogens is 1. The number of nitrogens with zero attached hydrogens (tertiary/aromatic N) is 1. The van der Waals surface area contributed by atoms with E-state index in [1.54, 1.807) is 20.8 Å². The summed E-state index contributed by atoms with van der Waals surface area (Å²) in [5.41, 5.74) is -1.98. The molecule has 0 saturated heterocycles. The summed E-state index contributed by atoms with van der Waals surface area (Å²) in [7, 11) is 0. The minimum absolute atomic E-state index is 0.0252. The van der Waals surface area contributed by atoms with Crippen molar-refractivity contribution in [2.75, 3.05) is 0 Å². The largest absolute Gasteiger partial charge is 0.477 e. The smallest absolute Gasteiger partial charge is 0.346 e. The Morgan fingerprint density at radius 3 is 2.43 bits per heavy atom. The second kappa shape index (κ2) is 5.65. The summed E-state index contributed by atoms with van der Waals surface area (Å²) >= 11 is 0.813. The number of rotatable bonds is 3. The van der Waals surface area contributed by atoms with Gasteiger partial charge < -0.3 is 9.84 Å². The lowest BCUT2D eigenvalue weighted by atomic mass is 10.2. The van der Waals surface area contributed by atoms with Gasteiger partial charge in [-0.1, -0.05) is 0 Å². The molecule has 0 aromatic carbocycles. The van der Waals surface area contributed by atoms with Crippen molar-refractivity contribution >= 4 is 33.5 Å². The number of aromatic amines is 1. The molecule has 0 unspecified atom stereocenters. The van der Waals surface area contributed by atoms with Gasteiger partial charge in [0.05, 0.1) is 5.39 Å². The summed E-state index contributed by atoms with van der Waals surface area (Å²) in [4.78, 5) is 50.0. The molecule has 0 spiro atoms. The quantitative estimate of drug-likeness (QED) is 0.808. The zero-order valence-corrected chi connectivity index (χ0v) is 13.9. The van der Waals surface area contributed by atoms with Gasteiger partial charge in [0.25, 0.3) is 5.56 Å². The molecular weight excluding hydrogens is 324 g/mol. The third kappa shape index (κ3) is 3.34. The first-order valence-corrected chi connectivity index (χ1v) is 7.54. The van der Waals surface area contributed by atoms with Crippen molar-refractivity contribution in [3.05, 3.63) is 31.3 Å². The Labute approximate surface area is 134 Å². The molecule has 8 nitrogen and oxygen atoms in total. The van der Waals surface area contributed by atoms with Crippen LogP contribution in [-0.2, 0) is 16.1 Å². The predicted molar refractivity (Wildman–Crippen MR) is 84.2 cm³/mol. The van der Waals surface area contributed by atoms with Crippen LogP contribution in [0.25, 0.3) is 10.2 Å². The summed E-state index contributed by atoms with van der Waals surface area (Å²) < 4.78 is 5.80. The molecule has 124 valence electrons. The highest BCUT2D eigenvalue weighted by molar-refractivity contribution is 7.20. The fourth-order valence-corrected chi connectivity index (χ4v) is 3.13. The first kappa shape index (κ1) is 16.9. The average Bonchev–Trinajstić information content (AvgIpc) is 2.69. The number of carbonyl (C=O) groups is 2. The molecule has 2 N–H and O–H groups in total. The molecule has 0 amide bonds. The van der Waals surface area contributed by atoms with Gasteiger partial charge in [0.2, 0.25) is 0 Å². The van der Waals surface area contributed by atoms with E-state index in [4.69, 9.17) is 9.84 Å². The third-order valence-electron chi connectivity index (χ3n) is 2.97. The minimum Gasteiger partial charge on any atom is -0.477 e. The van der Waals surface area contributed by atoms with Gasteiger partial charge in [-0.15, -0.1) is 11.3 Å². The molecule has 0 aliphatic rings. The fraction of sp³-hybridized carbons (Fsp3) is 0.429. The highest BCUT2D eigenvalue weighted by Crippen LogP contribution is 2.25. The predicted octanol–water partition coefficient (Wildman–Crippen LogP) is 1.10. The number of ether oxygens (including phenoxy) is 1. The van der Waals surface area contributed by atoms with E-state index in [1.165, 1.54) is 6.92 Å². The zero-order valence-electron chi connectivity index (χ0n) is 13.1. The molecule has 2 aromatic rings. The number of thiophene rings is 1. The molecular formula is C14H16N2O6S. The van der Waals surface area contributed by atoms with E-state index in [2.05, 4.69) is 4.98 Å². The highest BCUT2D eigenvalue weighted by Gasteiger charge is 2.22. The van der Waals surface area contributed by atoms with Gasteiger partial charge in [-0.05, 0) is 33.3 Å². The number of hydrogen-bond acceptors (Lipinski definition) is 6. The van der Waals surface area contributed by atoms with Gasteiger partial charge in [0, 0.05) is 0 Å². The summed E-state index contributed by atoms with van der Waals surface area (Å²) in [6.45, 7) is 5.95. The Hall–Kier alpha value is -2.42. The molecule has 0 saturated carbocycles. The molecule has 2 rings (SSSR count). The monoisotopic (exact) mass is 340 g/mol. The van der Waals surface area contributed by atoms with Crippen LogP contribution in [0.15, 0.2) is 9.59 Å². The van der Waals surface area contributed by atoms with Crippen LogP contribution in [0.4, 0.5) is 0 Å². The Bertz CT molecular complexity index is 912. The molecule has 0 radical (unpaired) electrons. The summed E-state index contributed by atoms with van der Waals surface area (Å²) in [5, 5.41) is 9.20. The fourth-order valence-electron chi connectivity index (χ4n) is 2.10. The van der Waals surface area contributed by atoms with Gasteiger partial charge in [-0.25, -0.2) is 14.2 Å². The van der Waals surface area contributed by atoms with Crippen molar-refractivity contribution in [2.45, 2.75) is 39.8 Å². The van der Waals surface area contributed by atoms with Crippen molar-refractivity contribution in [1.82, 2.24) is 9.55 Å². The zero-order chi connectivity index (χ0) is 17.5. The van der Waals surface area contributed by atoms with Crippen molar-refractivity contribution in [3.63, 3.8) is 0 Å². The van der Waals surface area contributed by atoms with Crippen molar-refractivity contribution in [1.29, 1.82) is 0 Å². The number of aryl methyl sites for hydroxylation is 1. The number of hydrogen-bond donors (Lipinski definition) is 2. The lowest BCUT2D eigenvalue weighted by Crippen LogP contribution is -2.39. The first-order chi connectivity index (χ1) is 10.5. The standard InChI is InChI=1S/C14H16N2O6S/c1-6-8-10(23-9(6)12(19)20)15-13(21)16(11(8)18)5-7(17)22-14(2,3)4/h5H2,1-4H3,(H,15,21)(H,19,20). The number of esters is 1. The van der Waals surface area contributed by atoms with E-state index >= 15 is 0 Å². The summed E-state index contributed by atoms with van der Waals surface area (Å²) in [5.74, 6) is -1.90. The van der Waals surface area contributed by atoms with Crippen LogP contribution in [-0.4, -0.2) is 32.2 Å². The molecule has 0 aliphatic heterocycles. The maximum Gasteiger partial charge on any atom is 0.346 e. The topological polar surface area (TPSA) is 118 Å². The van der Waals surface area contributed by atoms with Crippen molar-refractivity contribution in [2.24, 2.45) is 0 Å². The molecule has 2 heterocycles. The molecule has 2 aromatic heterocycles. The second-order valence-electron chi connectivity index (χ2n) is 5.97. The van der Waals surface area contributed by atoms with Crippen LogP contribution in [0.2, 0.25) is 0 Å². The molecule has 0 fully saturated rings. The number of carboxylic acids is 1. The lowest BCUT2D eigenvalue weighted by molar-refractivity contribution is -0.155. The Kier molecular flexibility index (Phi) is 4.16. The number of aromatic carboxylic acids is 1. The number of fused-ring (bicyclic) bond motifs is 1. The molecule has 0 aliphatic carbocycles. The molecule has 23 heavy (non-hydrogen) atoms. The van der Waals surface area contributed by atoms with Gasteiger partial charge in [-0.3, -0.25) is 14.6 Å². The van der Waals surface area contributed by atoms with Gasteiger partial charge >= 0.3 is 17.6 Å². The van der Waals surface area contributed by atoms with Crippen molar-refractivity contribution < 1.29 is 19.4 Å². The van der Waals surface area contributed by atoms with Crippen LogP contribution in [0.1, 0.15) is 36.0 Å². The van der Waals surface area contributed by atoms with E-state index < -0.39 is 35.3 Å². The van der Waals surface area contributed by atoms with Crippen molar-refractivity contribution in [3.8, 4) is 0 Å². The molecule has 0 bridgehead atoms. The molecule has 9 heteroatoms. The minimum atomic E-state index is -1.18. The number of nitrogens with one attached hydrogen (secondary N) is 1. The maximum absolute atomic E-state index is 12.5. The summed E-state index contributed by atoms with van der Waals surface area (Å²) in [6, 6.07) is 0. The van der Waals surface area contributed by atoms with E-state index in [1.807, 2.05) is 0 Å². The van der Waals surface area contributed by atoms with E-state index in [-0.39, 0.29) is 20.7 Å². The number of carbonyl (C=O) groups excluding carboxylic acids is 1. The highest BCUT2D eigenvalue weighted by atomic mass is 32.1. The van der Waals surface area contributed by atoms with E-state index in [0.29, 0.717) is 4.57 Å². The Morgan fingerprint density at radius 1 is 1.30 bits per heavy atom. The lowest BCUT2D eigenvalue weighted by Gasteiger charge is -2.19. The summed E-state index contributed by atoms with van der Waals surface area (Å²) in [6.07, 6.45) is 0. The van der Waals surface area contributed by atoms with Gasteiger partial charge in [-0.2, -0.15) is 0 Å². The first-order valence-electron chi connectivity index (χ1n) is 6.72.